The van der Waals surface area contributed by atoms with E-state index in [0.29, 0.717) is 6.54 Å². The summed E-state index contributed by atoms with van der Waals surface area (Å²) in [6.07, 6.45) is 2.55. The molecule has 22 heavy (non-hydrogen) atoms. The molecule has 0 aliphatic heterocycles. The molecule has 0 saturated carbocycles. The fraction of sp³-hybridized carbons (Fsp3) is 0.400. The zero-order valence-corrected chi connectivity index (χ0v) is 13.9. The van der Waals surface area contributed by atoms with Gasteiger partial charge in [-0.15, -0.1) is 11.3 Å². The van der Waals surface area contributed by atoms with E-state index in [1.54, 1.807) is 17.5 Å². The average molecular weight is 319 g/mol. The Balaban J connectivity index is 1.88. The van der Waals surface area contributed by atoms with E-state index in [1.807, 2.05) is 49.5 Å². The predicted octanol–water partition coefficient (Wildman–Crippen LogP) is 2.55. The number of carbonyl (C=O) groups excluding carboxylic acids is 1. The van der Waals surface area contributed by atoms with E-state index in [2.05, 4.69) is 20.6 Å². The first kappa shape index (κ1) is 16.2. The van der Waals surface area contributed by atoms with Crippen LogP contribution in [0.3, 0.4) is 0 Å². The monoisotopic (exact) mass is 319 g/mol. The standard InChI is InChI=1S/C15H21N5OS/c1-4-12(14-16-8-9-22-14)19-15(21)17-10-11-6-5-7-13(18-11)20(2)3/h5-9,12H,4,10H2,1-3H3,(H2,17,19,21). The fourth-order valence-corrected chi connectivity index (χ4v) is 2.71. The lowest BCUT2D eigenvalue weighted by molar-refractivity contribution is 0.236. The lowest BCUT2D eigenvalue weighted by Gasteiger charge is -2.16. The lowest BCUT2D eigenvalue weighted by atomic mass is 10.2. The van der Waals surface area contributed by atoms with Crippen molar-refractivity contribution < 1.29 is 4.79 Å². The summed E-state index contributed by atoms with van der Waals surface area (Å²) in [5, 5.41) is 8.61. The smallest absolute Gasteiger partial charge is 0.315 e. The minimum absolute atomic E-state index is 0.0546. The van der Waals surface area contributed by atoms with Crippen molar-refractivity contribution >= 4 is 23.2 Å². The maximum atomic E-state index is 12.0. The number of rotatable bonds is 6. The average Bonchev–Trinajstić information content (AvgIpc) is 3.05. The topological polar surface area (TPSA) is 70.2 Å². The minimum atomic E-state index is -0.209. The van der Waals surface area contributed by atoms with Gasteiger partial charge in [0.15, 0.2) is 0 Å². The number of hydrogen-bond donors (Lipinski definition) is 2. The lowest BCUT2D eigenvalue weighted by Crippen LogP contribution is -2.37. The van der Waals surface area contributed by atoms with Gasteiger partial charge in [-0.2, -0.15) is 0 Å². The quantitative estimate of drug-likeness (QED) is 0.858. The molecule has 0 saturated heterocycles. The molecule has 6 nitrogen and oxygen atoms in total. The molecule has 118 valence electrons. The zero-order chi connectivity index (χ0) is 15.9. The van der Waals surface area contributed by atoms with Crippen molar-refractivity contribution in [3.63, 3.8) is 0 Å². The molecule has 0 aliphatic carbocycles. The van der Waals surface area contributed by atoms with Gasteiger partial charge in [-0.05, 0) is 18.6 Å². The van der Waals surface area contributed by atoms with E-state index in [1.165, 1.54) is 0 Å². The maximum absolute atomic E-state index is 12.0. The summed E-state index contributed by atoms with van der Waals surface area (Å²) in [6, 6.07) is 5.49. The molecule has 0 radical (unpaired) electrons. The van der Waals surface area contributed by atoms with Gasteiger partial charge in [-0.25, -0.2) is 14.8 Å². The number of urea groups is 1. The van der Waals surface area contributed by atoms with Crippen LogP contribution in [0.4, 0.5) is 10.6 Å². The molecule has 2 N–H and O–H groups in total. The Hall–Kier alpha value is -2.15. The summed E-state index contributed by atoms with van der Waals surface area (Å²) in [7, 11) is 3.87. The molecule has 2 rings (SSSR count). The second kappa shape index (κ2) is 7.74. The Kier molecular flexibility index (Phi) is 5.71. The molecule has 1 atom stereocenters. The molecule has 0 fully saturated rings. The molecule has 2 aromatic heterocycles. The van der Waals surface area contributed by atoms with Gasteiger partial charge in [0.05, 0.1) is 18.3 Å². The second-order valence-corrected chi connectivity index (χ2v) is 5.97. The van der Waals surface area contributed by atoms with E-state index >= 15 is 0 Å². The molecule has 2 amide bonds. The van der Waals surface area contributed by atoms with Gasteiger partial charge >= 0.3 is 6.03 Å². The highest BCUT2D eigenvalue weighted by atomic mass is 32.1. The van der Waals surface area contributed by atoms with Crippen LogP contribution < -0.4 is 15.5 Å². The summed E-state index contributed by atoms with van der Waals surface area (Å²) in [5.41, 5.74) is 0.823. The first-order valence-electron chi connectivity index (χ1n) is 7.17. The van der Waals surface area contributed by atoms with E-state index in [-0.39, 0.29) is 12.1 Å². The fourth-order valence-electron chi connectivity index (χ4n) is 1.94. The summed E-state index contributed by atoms with van der Waals surface area (Å²) in [6.45, 7) is 2.41. The number of pyridine rings is 1. The van der Waals surface area contributed by atoms with E-state index in [9.17, 15) is 4.79 Å². The highest BCUT2D eigenvalue weighted by Gasteiger charge is 2.14. The van der Waals surface area contributed by atoms with Crippen molar-refractivity contribution in [2.24, 2.45) is 0 Å². The van der Waals surface area contributed by atoms with Crippen molar-refractivity contribution in [2.75, 3.05) is 19.0 Å². The number of aromatic nitrogens is 2. The summed E-state index contributed by atoms with van der Waals surface area (Å²) < 4.78 is 0. The highest BCUT2D eigenvalue weighted by molar-refractivity contribution is 7.09. The van der Waals surface area contributed by atoms with Gasteiger partial charge in [0.1, 0.15) is 10.8 Å². The summed E-state index contributed by atoms with van der Waals surface area (Å²) in [5.74, 6) is 0.869. The molecule has 1 unspecified atom stereocenters. The molecule has 0 aliphatic rings. The van der Waals surface area contributed by atoms with E-state index in [0.717, 1.165) is 22.9 Å². The molecular weight excluding hydrogens is 298 g/mol. The Morgan fingerprint density at radius 2 is 2.23 bits per heavy atom. The molecular formula is C15H21N5OS. The molecule has 2 aromatic rings. The zero-order valence-electron chi connectivity index (χ0n) is 13.0. The third-order valence-corrected chi connectivity index (χ3v) is 4.03. The Morgan fingerprint density at radius 1 is 1.41 bits per heavy atom. The van der Waals surface area contributed by atoms with Crippen LogP contribution in [0.5, 0.6) is 0 Å². The Bertz CT molecular complexity index is 600. The maximum Gasteiger partial charge on any atom is 0.315 e. The van der Waals surface area contributed by atoms with Crippen LogP contribution in [0.15, 0.2) is 29.8 Å². The Morgan fingerprint density at radius 3 is 2.86 bits per heavy atom. The van der Waals surface area contributed by atoms with Crippen molar-refractivity contribution in [1.29, 1.82) is 0 Å². The van der Waals surface area contributed by atoms with Gasteiger partial charge in [0.25, 0.3) is 0 Å². The highest BCUT2D eigenvalue weighted by Crippen LogP contribution is 2.18. The van der Waals surface area contributed by atoms with Crippen LogP contribution in [0.2, 0.25) is 0 Å². The number of carbonyl (C=O) groups is 1. The van der Waals surface area contributed by atoms with Gasteiger partial charge in [0, 0.05) is 25.7 Å². The van der Waals surface area contributed by atoms with E-state index in [4.69, 9.17) is 0 Å². The third-order valence-electron chi connectivity index (χ3n) is 3.14. The van der Waals surface area contributed by atoms with Gasteiger partial charge < -0.3 is 15.5 Å². The number of nitrogens with one attached hydrogen (secondary N) is 2. The third kappa shape index (κ3) is 4.42. The summed E-state index contributed by atoms with van der Waals surface area (Å²) in [4.78, 5) is 22.7. The molecule has 2 heterocycles. The minimum Gasteiger partial charge on any atom is -0.363 e. The van der Waals surface area contributed by atoms with Crippen LogP contribution in [-0.4, -0.2) is 30.1 Å². The normalized spacial score (nSPS) is 11.8. The largest absolute Gasteiger partial charge is 0.363 e. The van der Waals surface area contributed by atoms with Gasteiger partial charge in [-0.1, -0.05) is 13.0 Å². The molecule has 0 aromatic carbocycles. The van der Waals surface area contributed by atoms with Gasteiger partial charge in [0.2, 0.25) is 0 Å². The predicted molar refractivity (Wildman–Crippen MR) is 89.1 cm³/mol. The van der Waals surface area contributed by atoms with Crippen LogP contribution in [0.1, 0.15) is 30.1 Å². The Labute approximate surface area is 134 Å². The molecule has 0 spiro atoms. The number of amides is 2. The van der Waals surface area contributed by atoms with Crippen molar-refractivity contribution in [1.82, 2.24) is 20.6 Å². The number of nitrogens with zero attached hydrogens (tertiary/aromatic N) is 3. The SMILES string of the molecule is CCC(NC(=O)NCc1cccc(N(C)C)n1)c1nccs1. The number of hydrogen-bond acceptors (Lipinski definition) is 5. The van der Waals surface area contributed by atoms with Crippen LogP contribution in [0, 0.1) is 0 Å². The van der Waals surface area contributed by atoms with Gasteiger partial charge in [-0.3, -0.25) is 0 Å². The second-order valence-electron chi connectivity index (χ2n) is 5.04. The van der Waals surface area contributed by atoms with Crippen LogP contribution in [-0.2, 0) is 6.54 Å². The van der Waals surface area contributed by atoms with Crippen molar-refractivity contribution in [3.8, 4) is 0 Å². The van der Waals surface area contributed by atoms with Crippen molar-refractivity contribution in [2.45, 2.75) is 25.9 Å². The van der Waals surface area contributed by atoms with E-state index < -0.39 is 0 Å². The first-order chi connectivity index (χ1) is 10.6. The molecule has 0 bridgehead atoms. The molecule has 7 heteroatoms. The van der Waals surface area contributed by atoms with Crippen LogP contribution >= 0.6 is 11.3 Å². The van der Waals surface area contributed by atoms with Crippen molar-refractivity contribution in [3.05, 3.63) is 40.5 Å². The summed E-state index contributed by atoms with van der Waals surface area (Å²) >= 11 is 1.55. The first-order valence-corrected chi connectivity index (χ1v) is 8.05. The number of anilines is 1. The number of thiazole rings is 1. The van der Waals surface area contributed by atoms with Crippen LogP contribution in [0.25, 0.3) is 0 Å².